The Kier molecular flexibility index (Phi) is 5.55. The number of rotatable bonds is 4. The largest absolute Gasteiger partial charge is 0.459 e. The number of esters is 3. The maximum atomic E-state index is 12.2. The van der Waals surface area contributed by atoms with Gasteiger partial charge in [-0.25, -0.2) is 14.4 Å². The molecule has 0 bridgehead atoms. The second-order valence-electron chi connectivity index (χ2n) is 7.40. The Morgan fingerprint density at radius 1 is 0.966 bits per heavy atom. The zero-order chi connectivity index (χ0) is 21.2. The maximum Gasteiger partial charge on any atom is 0.348 e. The van der Waals surface area contributed by atoms with Crippen molar-refractivity contribution in [2.45, 2.75) is 39.6 Å². The van der Waals surface area contributed by atoms with Gasteiger partial charge >= 0.3 is 17.9 Å². The molecule has 0 aromatic heterocycles. The minimum absolute atomic E-state index is 0.171. The molecule has 0 atom stereocenters. The first-order chi connectivity index (χ1) is 13.6. The molecular weight excluding hydrogens is 372 g/mol. The molecule has 0 saturated carbocycles. The molecule has 0 aliphatic carbocycles. The van der Waals surface area contributed by atoms with E-state index in [-0.39, 0.29) is 11.7 Å². The van der Waals surface area contributed by atoms with Crippen molar-refractivity contribution in [2.75, 3.05) is 0 Å². The van der Waals surface area contributed by atoms with Crippen molar-refractivity contribution in [3.63, 3.8) is 0 Å². The zero-order valence-electron chi connectivity index (χ0n) is 16.7. The number of ether oxygens (including phenoxy) is 3. The lowest BCUT2D eigenvalue weighted by atomic mass is 10.00. The van der Waals surface area contributed by atoms with Crippen molar-refractivity contribution < 1.29 is 28.6 Å². The van der Waals surface area contributed by atoms with Crippen molar-refractivity contribution in [3.8, 4) is 11.1 Å². The van der Waals surface area contributed by atoms with Crippen molar-refractivity contribution in [2.24, 2.45) is 0 Å². The molecule has 2 aromatic carbocycles. The number of hydrogen-bond acceptors (Lipinski definition) is 6. The Hall–Kier alpha value is -3.41. The molecule has 0 amide bonds. The molecule has 0 N–H and O–H groups in total. The van der Waals surface area contributed by atoms with Gasteiger partial charge in [-0.1, -0.05) is 30.3 Å². The van der Waals surface area contributed by atoms with Crippen LogP contribution in [0.5, 0.6) is 0 Å². The molecule has 0 unspecified atom stereocenters. The first kappa shape index (κ1) is 20.3. The minimum Gasteiger partial charge on any atom is -0.459 e. The Bertz CT molecular complexity index is 978. The Morgan fingerprint density at radius 2 is 1.55 bits per heavy atom. The molecular formula is C23H22O6. The van der Waals surface area contributed by atoms with Gasteiger partial charge in [0.1, 0.15) is 5.57 Å². The molecule has 6 heteroatoms. The predicted octanol–water partition coefficient (Wildman–Crippen LogP) is 4.14. The smallest absolute Gasteiger partial charge is 0.348 e. The van der Waals surface area contributed by atoms with Crippen LogP contribution >= 0.6 is 0 Å². The van der Waals surface area contributed by atoms with Crippen molar-refractivity contribution >= 4 is 24.0 Å². The van der Waals surface area contributed by atoms with E-state index in [0.717, 1.165) is 11.1 Å². The summed E-state index contributed by atoms with van der Waals surface area (Å²) in [5.74, 6) is -3.13. The van der Waals surface area contributed by atoms with Crippen LogP contribution in [-0.2, 0) is 23.8 Å². The van der Waals surface area contributed by atoms with Crippen LogP contribution in [0.4, 0.5) is 0 Å². The fourth-order valence-corrected chi connectivity index (χ4v) is 2.86. The van der Waals surface area contributed by atoms with Crippen LogP contribution in [0.3, 0.4) is 0 Å². The first-order valence-electron chi connectivity index (χ1n) is 9.24. The molecule has 29 heavy (non-hydrogen) atoms. The summed E-state index contributed by atoms with van der Waals surface area (Å²) in [6, 6.07) is 14.3. The molecule has 0 spiro atoms. The average molecular weight is 394 g/mol. The van der Waals surface area contributed by atoms with E-state index in [4.69, 9.17) is 14.2 Å². The van der Waals surface area contributed by atoms with Crippen molar-refractivity contribution in [1.82, 2.24) is 0 Å². The van der Waals surface area contributed by atoms with Gasteiger partial charge in [0.2, 0.25) is 0 Å². The van der Waals surface area contributed by atoms with Gasteiger partial charge in [-0.2, -0.15) is 0 Å². The van der Waals surface area contributed by atoms with E-state index in [1.165, 1.54) is 19.9 Å². The first-order valence-corrected chi connectivity index (χ1v) is 9.24. The van der Waals surface area contributed by atoms with Gasteiger partial charge in [0.05, 0.1) is 11.7 Å². The lowest BCUT2D eigenvalue weighted by molar-refractivity contribution is -0.222. The van der Waals surface area contributed by atoms with Crippen LogP contribution < -0.4 is 0 Å². The summed E-state index contributed by atoms with van der Waals surface area (Å²) in [6.07, 6.45) is 1.22. The fourth-order valence-electron chi connectivity index (χ4n) is 2.86. The van der Waals surface area contributed by atoms with E-state index in [1.54, 1.807) is 50.2 Å². The summed E-state index contributed by atoms with van der Waals surface area (Å²) in [5.41, 5.74) is 2.52. The quantitative estimate of drug-likeness (QED) is 0.441. The molecule has 1 aliphatic rings. The average Bonchev–Trinajstić information content (AvgIpc) is 2.64. The van der Waals surface area contributed by atoms with Crippen LogP contribution in [-0.4, -0.2) is 29.8 Å². The van der Waals surface area contributed by atoms with Crippen LogP contribution in [0, 0.1) is 0 Å². The van der Waals surface area contributed by atoms with Gasteiger partial charge in [0.15, 0.2) is 0 Å². The lowest BCUT2D eigenvalue weighted by Gasteiger charge is -2.29. The molecule has 150 valence electrons. The van der Waals surface area contributed by atoms with Gasteiger partial charge in [-0.3, -0.25) is 0 Å². The summed E-state index contributed by atoms with van der Waals surface area (Å²) in [7, 11) is 0. The molecule has 1 fully saturated rings. The number of benzene rings is 2. The molecule has 1 heterocycles. The molecule has 3 rings (SSSR count). The van der Waals surface area contributed by atoms with Gasteiger partial charge in [0.25, 0.3) is 5.79 Å². The normalized spacial score (nSPS) is 15.6. The standard InChI is InChI=1S/C23H22O6/c1-14(2)27-20(24)18-10-6-9-17(13-18)16-8-5-7-15(11-16)12-19-21(25)28-23(3,4)29-22(19)26/h5-14H,1-4H3. The topological polar surface area (TPSA) is 78.9 Å². The number of hydrogen-bond donors (Lipinski definition) is 0. The summed E-state index contributed by atoms with van der Waals surface area (Å²) in [4.78, 5) is 36.4. The van der Waals surface area contributed by atoms with Crippen LogP contribution in [0.2, 0.25) is 0 Å². The Balaban J connectivity index is 1.90. The highest BCUT2D eigenvalue weighted by Crippen LogP contribution is 2.26. The lowest BCUT2D eigenvalue weighted by Crippen LogP contribution is -2.41. The molecule has 2 aromatic rings. The number of carbonyl (C=O) groups excluding carboxylic acids is 3. The Labute approximate surface area is 169 Å². The summed E-state index contributed by atoms with van der Waals surface area (Å²) < 4.78 is 15.5. The van der Waals surface area contributed by atoms with E-state index in [9.17, 15) is 14.4 Å². The van der Waals surface area contributed by atoms with Crippen LogP contribution in [0.15, 0.2) is 54.1 Å². The Morgan fingerprint density at radius 3 is 2.17 bits per heavy atom. The minimum atomic E-state index is -1.28. The zero-order valence-corrected chi connectivity index (χ0v) is 16.7. The van der Waals surface area contributed by atoms with Gasteiger partial charge < -0.3 is 14.2 Å². The maximum absolute atomic E-state index is 12.2. The second-order valence-corrected chi connectivity index (χ2v) is 7.40. The van der Waals surface area contributed by atoms with Gasteiger partial charge in [-0.05, 0) is 54.8 Å². The van der Waals surface area contributed by atoms with Crippen molar-refractivity contribution in [3.05, 3.63) is 65.2 Å². The summed E-state index contributed by atoms with van der Waals surface area (Å²) >= 11 is 0. The van der Waals surface area contributed by atoms with Crippen LogP contribution in [0.1, 0.15) is 43.6 Å². The summed E-state index contributed by atoms with van der Waals surface area (Å²) in [5, 5.41) is 0. The van der Waals surface area contributed by atoms with E-state index in [0.29, 0.717) is 11.1 Å². The fraction of sp³-hybridized carbons (Fsp3) is 0.261. The van der Waals surface area contributed by atoms with Crippen LogP contribution in [0.25, 0.3) is 17.2 Å². The highest BCUT2D eigenvalue weighted by molar-refractivity contribution is 6.18. The number of carbonyl (C=O) groups is 3. The van der Waals surface area contributed by atoms with E-state index in [2.05, 4.69) is 0 Å². The van der Waals surface area contributed by atoms with Gasteiger partial charge in [-0.15, -0.1) is 0 Å². The molecule has 1 saturated heterocycles. The second kappa shape index (κ2) is 7.91. The third-order valence-corrected chi connectivity index (χ3v) is 4.09. The van der Waals surface area contributed by atoms with E-state index >= 15 is 0 Å². The molecule has 0 radical (unpaired) electrons. The van der Waals surface area contributed by atoms with Crippen molar-refractivity contribution in [1.29, 1.82) is 0 Å². The third-order valence-electron chi connectivity index (χ3n) is 4.09. The predicted molar refractivity (Wildman–Crippen MR) is 107 cm³/mol. The molecule has 1 aliphatic heterocycles. The molecule has 6 nitrogen and oxygen atoms in total. The highest BCUT2D eigenvalue weighted by atomic mass is 16.7. The SMILES string of the molecule is CC(C)OC(=O)c1cccc(-c2cccc(C=C3C(=O)OC(C)(C)OC3=O)c2)c1. The summed E-state index contributed by atoms with van der Waals surface area (Å²) in [6.45, 7) is 6.58. The van der Waals surface area contributed by atoms with E-state index in [1.807, 2.05) is 12.1 Å². The number of cyclic esters (lactones) is 2. The van der Waals surface area contributed by atoms with Gasteiger partial charge in [0, 0.05) is 13.8 Å². The highest BCUT2D eigenvalue weighted by Gasteiger charge is 2.38. The van der Waals surface area contributed by atoms with E-state index < -0.39 is 23.7 Å². The monoisotopic (exact) mass is 394 g/mol. The third kappa shape index (κ3) is 4.90.